The first-order valence-corrected chi connectivity index (χ1v) is 4.32. The number of anilines is 1. The summed E-state index contributed by atoms with van der Waals surface area (Å²) in [5, 5.41) is 12.0. The Kier molecular flexibility index (Phi) is 3.03. The first kappa shape index (κ1) is 10.5. The van der Waals surface area contributed by atoms with Gasteiger partial charge in [-0.05, 0) is 31.3 Å². The second-order valence-corrected chi connectivity index (χ2v) is 3.18. The van der Waals surface area contributed by atoms with Gasteiger partial charge >= 0.3 is 0 Å². The molecule has 0 aliphatic heterocycles. The molecule has 74 valence electrons. The number of aromatic hydroxyl groups is 1. The fourth-order valence-electron chi connectivity index (χ4n) is 1.09. The molecular formula is C9H10N2O2S. The summed E-state index contributed by atoms with van der Waals surface area (Å²) >= 11 is 4.63. The molecule has 0 bridgehead atoms. The van der Waals surface area contributed by atoms with Crippen molar-refractivity contribution in [2.75, 3.05) is 5.32 Å². The molecule has 4 N–H and O–H groups in total. The fraction of sp³-hybridized carbons (Fsp3) is 0.111. The quantitative estimate of drug-likeness (QED) is 0.389. The number of carbonyl (C=O) groups excluding carboxylic acids is 1. The van der Waals surface area contributed by atoms with Crippen LogP contribution >= 0.6 is 12.2 Å². The number of Topliss-reactive ketones (excluding diaryl/α,β-unsaturated/α-hetero) is 1. The summed E-state index contributed by atoms with van der Waals surface area (Å²) < 4.78 is 0. The molecule has 0 atom stereocenters. The normalized spacial score (nSPS) is 9.50. The van der Waals surface area contributed by atoms with Gasteiger partial charge in [0, 0.05) is 5.56 Å². The molecule has 0 saturated carbocycles. The Morgan fingerprint density at radius 1 is 1.57 bits per heavy atom. The molecule has 0 fully saturated rings. The van der Waals surface area contributed by atoms with Crippen molar-refractivity contribution in [2.24, 2.45) is 5.73 Å². The number of hydrogen-bond acceptors (Lipinski definition) is 3. The van der Waals surface area contributed by atoms with Gasteiger partial charge in [-0.15, -0.1) is 0 Å². The van der Waals surface area contributed by atoms with Gasteiger partial charge in [-0.3, -0.25) is 4.79 Å². The lowest BCUT2D eigenvalue weighted by atomic mass is 10.1. The highest BCUT2D eigenvalue weighted by atomic mass is 32.1. The van der Waals surface area contributed by atoms with Gasteiger partial charge in [-0.1, -0.05) is 6.07 Å². The summed E-state index contributed by atoms with van der Waals surface area (Å²) in [4.78, 5) is 11.2. The molecule has 1 aromatic rings. The number of nitrogens with two attached hydrogens (primary N) is 1. The Hall–Kier alpha value is -1.62. The number of nitrogens with one attached hydrogen (secondary N) is 1. The summed E-state index contributed by atoms with van der Waals surface area (Å²) in [7, 11) is 0. The molecular weight excluding hydrogens is 200 g/mol. The van der Waals surface area contributed by atoms with Crippen LogP contribution in [0.25, 0.3) is 0 Å². The van der Waals surface area contributed by atoms with E-state index in [0.717, 1.165) is 0 Å². The molecule has 0 radical (unpaired) electrons. The van der Waals surface area contributed by atoms with Crippen LogP contribution in [-0.4, -0.2) is 16.0 Å². The van der Waals surface area contributed by atoms with Crippen LogP contribution in [0.3, 0.4) is 0 Å². The molecule has 0 aliphatic carbocycles. The Morgan fingerprint density at radius 2 is 2.21 bits per heavy atom. The van der Waals surface area contributed by atoms with Crippen LogP contribution in [0.1, 0.15) is 17.3 Å². The number of rotatable bonds is 2. The molecule has 0 spiro atoms. The third-order valence-electron chi connectivity index (χ3n) is 1.67. The number of benzene rings is 1. The number of ketones is 1. The van der Waals surface area contributed by atoms with Gasteiger partial charge < -0.3 is 16.2 Å². The summed E-state index contributed by atoms with van der Waals surface area (Å²) in [6, 6.07) is 4.62. The smallest absolute Gasteiger partial charge is 0.168 e. The van der Waals surface area contributed by atoms with Crippen molar-refractivity contribution in [1.82, 2.24) is 0 Å². The molecule has 0 amide bonds. The highest BCUT2D eigenvalue weighted by Gasteiger charge is 2.11. The van der Waals surface area contributed by atoms with E-state index in [0.29, 0.717) is 5.56 Å². The van der Waals surface area contributed by atoms with Gasteiger partial charge in [0.1, 0.15) is 5.75 Å². The molecule has 0 aliphatic rings. The van der Waals surface area contributed by atoms with E-state index in [4.69, 9.17) is 5.73 Å². The largest absolute Gasteiger partial charge is 0.506 e. The minimum Gasteiger partial charge on any atom is -0.506 e. The molecule has 0 aromatic heterocycles. The van der Waals surface area contributed by atoms with E-state index in [-0.39, 0.29) is 22.3 Å². The minimum atomic E-state index is -0.167. The van der Waals surface area contributed by atoms with Crippen LogP contribution in [0.2, 0.25) is 0 Å². The molecule has 1 rings (SSSR count). The zero-order valence-corrected chi connectivity index (χ0v) is 8.39. The zero-order chi connectivity index (χ0) is 10.7. The number of phenols is 1. The SMILES string of the molecule is CC(=O)c1cccc(O)c1NC(N)=S. The Labute approximate surface area is 86.7 Å². The third kappa shape index (κ3) is 2.20. The Balaban J connectivity index is 3.22. The average Bonchev–Trinajstić information content (AvgIpc) is 2.07. The van der Waals surface area contributed by atoms with Crippen LogP contribution < -0.4 is 11.1 Å². The summed E-state index contributed by atoms with van der Waals surface area (Å²) in [5.41, 5.74) is 5.88. The Bertz CT molecular complexity index is 390. The minimum absolute atomic E-state index is 0.00833. The Morgan fingerprint density at radius 3 is 2.71 bits per heavy atom. The number of phenolic OH excluding ortho intramolecular Hbond substituents is 1. The molecule has 5 heteroatoms. The van der Waals surface area contributed by atoms with E-state index in [2.05, 4.69) is 17.5 Å². The van der Waals surface area contributed by atoms with Crippen molar-refractivity contribution in [2.45, 2.75) is 6.92 Å². The van der Waals surface area contributed by atoms with Crippen LogP contribution in [0.4, 0.5) is 5.69 Å². The molecule has 0 saturated heterocycles. The van der Waals surface area contributed by atoms with E-state index in [1.54, 1.807) is 12.1 Å². The van der Waals surface area contributed by atoms with Crippen molar-refractivity contribution in [1.29, 1.82) is 0 Å². The maximum atomic E-state index is 11.2. The monoisotopic (exact) mass is 210 g/mol. The van der Waals surface area contributed by atoms with E-state index < -0.39 is 0 Å². The lowest BCUT2D eigenvalue weighted by molar-refractivity contribution is 0.101. The first-order valence-electron chi connectivity index (χ1n) is 3.91. The number of carbonyl (C=O) groups is 1. The average molecular weight is 210 g/mol. The third-order valence-corrected chi connectivity index (χ3v) is 1.77. The van der Waals surface area contributed by atoms with E-state index in [1.807, 2.05) is 0 Å². The van der Waals surface area contributed by atoms with Crippen molar-refractivity contribution >= 4 is 28.8 Å². The number of hydrogen-bond donors (Lipinski definition) is 3. The number of thiocarbonyl (C=S) groups is 1. The first-order chi connectivity index (χ1) is 6.52. The van der Waals surface area contributed by atoms with Gasteiger partial charge in [0.25, 0.3) is 0 Å². The van der Waals surface area contributed by atoms with E-state index in [9.17, 15) is 9.90 Å². The van der Waals surface area contributed by atoms with Gasteiger partial charge in [0.2, 0.25) is 0 Å². The van der Waals surface area contributed by atoms with Gasteiger partial charge in [0.05, 0.1) is 5.69 Å². The fourth-order valence-corrected chi connectivity index (χ4v) is 1.19. The van der Waals surface area contributed by atoms with Crippen LogP contribution in [0, 0.1) is 0 Å². The topological polar surface area (TPSA) is 75.3 Å². The highest BCUT2D eigenvalue weighted by molar-refractivity contribution is 7.80. The summed E-state index contributed by atoms with van der Waals surface area (Å²) in [5.74, 6) is -0.217. The predicted octanol–water partition coefficient (Wildman–Crippen LogP) is 1.25. The van der Waals surface area contributed by atoms with Gasteiger partial charge in [0.15, 0.2) is 10.9 Å². The maximum absolute atomic E-state index is 11.2. The summed E-state index contributed by atoms with van der Waals surface area (Å²) in [6.07, 6.45) is 0. The lowest BCUT2D eigenvalue weighted by Crippen LogP contribution is -2.20. The van der Waals surface area contributed by atoms with Crippen molar-refractivity contribution in [3.05, 3.63) is 23.8 Å². The molecule has 0 heterocycles. The molecule has 0 unspecified atom stereocenters. The number of para-hydroxylation sites is 1. The maximum Gasteiger partial charge on any atom is 0.168 e. The second kappa shape index (κ2) is 4.06. The van der Waals surface area contributed by atoms with Crippen molar-refractivity contribution in [3.8, 4) is 5.75 Å². The van der Waals surface area contributed by atoms with Crippen molar-refractivity contribution < 1.29 is 9.90 Å². The predicted molar refractivity (Wildman–Crippen MR) is 58.5 cm³/mol. The van der Waals surface area contributed by atoms with Crippen LogP contribution in [0.5, 0.6) is 5.75 Å². The van der Waals surface area contributed by atoms with Crippen LogP contribution in [0.15, 0.2) is 18.2 Å². The van der Waals surface area contributed by atoms with Gasteiger partial charge in [-0.25, -0.2) is 0 Å². The molecule has 4 nitrogen and oxygen atoms in total. The van der Waals surface area contributed by atoms with Crippen LogP contribution in [-0.2, 0) is 0 Å². The second-order valence-electron chi connectivity index (χ2n) is 2.75. The highest BCUT2D eigenvalue weighted by Crippen LogP contribution is 2.27. The van der Waals surface area contributed by atoms with E-state index in [1.165, 1.54) is 13.0 Å². The van der Waals surface area contributed by atoms with Crippen molar-refractivity contribution in [3.63, 3.8) is 0 Å². The summed E-state index contributed by atoms with van der Waals surface area (Å²) in [6.45, 7) is 1.40. The lowest BCUT2D eigenvalue weighted by Gasteiger charge is -2.09. The molecule has 1 aromatic carbocycles. The molecule has 14 heavy (non-hydrogen) atoms. The van der Waals surface area contributed by atoms with E-state index >= 15 is 0 Å². The van der Waals surface area contributed by atoms with Gasteiger partial charge in [-0.2, -0.15) is 0 Å². The zero-order valence-electron chi connectivity index (χ0n) is 7.57. The standard InChI is InChI=1S/C9H10N2O2S/c1-5(12)6-3-2-4-7(13)8(6)11-9(10)14/h2-4,13H,1H3,(H3,10,11,14).